The number of amides is 2. The number of hydrazone groups is 1. The third-order valence-corrected chi connectivity index (χ3v) is 3.69. The number of nitrogens with one attached hydrogen (secondary N) is 3. The second-order valence-electron chi connectivity index (χ2n) is 5.83. The molecule has 28 heavy (non-hydrogen) atoms. The average molecular weight is 387 g/mol. The molecule has 0 radical (unpaired) electrons. The van der Waals surface area contributed by atoms with Crippen molar-refractivity contribution in [3.63, 3.8) is 0 Å². The fourth-order valence-electron chi connectivity index (χ4n) is 2.33. The van der Waals surface area contributed by atoms with Crippen LogP contribution in [0.15, 0.2) is 52.6 Å². The van der Waals surface area contributed by atoms with E-state index >= 15 is 0 Å². The molecular weight excluding hydrogens is 372 g/mol. The van der Waals surface area contributed by atoms with E-state index in [0.717, 1.165) is 12.1 Å². The van der Waals surface area contributed by atoms with Crippen molar-refractivity contribution in [3.05, 3.63) is 59.7 Å². The number of anilines is 1. The van der Waals surface area contributed by atoms with Crippen LogP contribution < -0.4 is 16.1 Å². The molecule has 1 unspecified atom stereocenters. The Morgan fingerprint density at radius 2 is 1.96 bits per heavy atom. The maximum absolute atomic E-state index is 13.2. The first-order valence-electron chi connectivity index (χ1n) is 8.12. The van der Waals surface area contributed by atoms with E-state index in [1.165, 1.54) is 24.4 Å². The summed E-state index contributed by atoms with van der Waals surface area (Å²) >= 11 is 0. The van der Waals surface area contributed by atoms with Crippen molar-refractivity contribution >= 4 is 29.7 Å². The van der Waals surface area contributed by atoms with Crippen LogP contribution in [0.3, 0.4) is 0 Å². The molecule has 0 saturated carbocycles. The van der Waals surface area contributed by atoms with Gasteiger partial charge in [0.15, 0.2) is 11.6 Å². The normalized spacial score (nSPS) is 16.0. The fraction of sp³-hybridized carbons (Fsp3) is 0.111. The summed E-state index contributed by atoms with van der Waals surface area (Å²) in [6, 6.07) is 8.24. The predicted molar refractivity (Wildman–Crippen MR) is 97.8 cm³/mol. The molecule has 0 aromatic heterocycles. The van der Waals surface area contributed by atoms with Crippen LogP contribution in [0.5, 0.6) is 5.75 Å². The van der Waals surface area contributed by atoms with Crippen molar-refractivity contribution in [1.82, 2.24) is 10.7 Å². The second kappa shape index (κ2) is 8.25. The number of hydrogen-bond donors (Lipinski definition) is 4. The summed E-state index contributed by atoms with van der Waals surface area (Å²) in [6.45, 7) is 0. The zero-order valence-electron chi connectivity index (χ0n) is 14.3. The van der Waals surface area contributed by atoms with Gasteiger partial charge < -0.3 is 10.4 Å². The summed E-state index contributed by atoms with van der Waals surface area (Å²) in [5.74, 6) is -2.99. The zero-order valence-corrected chi connectivity index (χ0v) is 14.3. The highest BCUT2D eigenvalue weighted by atomic mass is 19.2. The lowest BCUT2D eigenvalue weighted by atomic mass is 10.2. The molecular formula is C18H15F2N5O3. The van der Waals surface area contributed by atoms with Gasteiger partial charge in [-0.1, -0.05) is 0 Å². The van der Waals surface area contributed by atoms with Crippen LogP contribution in [0.25, 0.3) is 0 Å². The molecule has 1 atom stereocenters. The topological polar surface area (TPSA) is 115 Å². The Kier molecular flexibility index (Phi) is 5.58. The van der Waals surface area contributed by atoms with Crippen LogP contribution in [-0.2, 0) is 9.59 Å². The molecule has 0 aliphatic carbocycles. The summed E-state index contributed by atoms with van der Waals surface area (Å²) in [5, 5.41) is 17.9. The SMILES string of the molecule is O=C(CC1N=C(NN=Cc2ccc(O)cc2)NC1=O)Nc1ccc(F)c(F)c1. The molecule has 2 amide bonds. The van der Waals surface area contributed by atoms with Gasteiger partial charge >= 0.3 is 0 Å². The summed E-state index contributed by atoms with van der Waals surface area (Å²) in [5.41, 5.74) is 3.32. The minimum atomic E-state index is -1.09. The number of guanidine groups is 1. The summed E-state index contributed by atoms with van der Waals surface area (Å²) in [4.78, 5) is 27.9. The molecule has 3 rings (SSSR count). The van der Waals surface area contributed by atoms with Crippen LogP contribution in [0.4, 0.5) is 14.5 Å². The standard InChI is InChI=1S/C18H15F2N5O3/c19-13-6-3-11(7-14(13)20)22-16(27)8-15-17(28)24-18(23-15)25-21-9-10-1-4-12(26)5-2-10/h1-7,9,15,26H,8H2,(H,22,27)(H2,23,24,25,28). The number of benzene rings is 2. The maximum Gasteiger partial charge on any atom is 0.252 e. The van der Waals surface area contributed by atoms with Gasteiger partial charge in [0.2, 0.25) is 11.9 Å². The van der Waals surface area contributed by atoms with Crippen molar-refractivity contribution in [3.8, 4) is 5.75 Å². The summed E-state index contributed by atoms with van der Waals surface area (Å²) < 4.78 is 26.1. The Bertz CT molecular complexity index is 960. The van der Waals surface area contributed by atoms with Gasteiger partial charge in [0.05, 0.1) is 12.6 Å². The highest BCUT2D eigenvalue weighted by Crippen LogP contribution is 2.14. The van der Waals surface area contributed by atoms with Gasteiger partial charge in [-0.05, 0) is 42.0 Å². The number of carbonyl (C=O) groups excluding carboxylic acids is 2. The quantitative estimate of drug-likeness (QED) is 0.459. The van der Waals surface area contributed by atoms with Crippen molar-refractivity contribution in [2.45, 2.75) is 12.5 Å². The Hall–Kier alpha value is -3.82. The number of phenols is 1. The minimum absolute atomic E-state index is 0.0723. The summed E-state index contributed by atoms with van der Waals surface area (Å²) in [6.07, 6.45) is 1.18. The molecule has 0 bridgehead atoms. The predicted octanol–water partition coefficient (Wildman–Crippen LogP) is 1.48. The smallest absolute Gasteiger partial charge is 0.252 e. The molecule has 8 nitrogen and oxygen atoms in total. The third-order valence-electron chi connectivity index (χ3n) is 3.69. The molecule has 2 aromatic rings. The molecule has 0 spiro atoms. The largest absolute Gasteiger partial charge is 0.508 e. The first-order chi connectivity index (χ1) is 13.4. The number of phenolic OH excluding ortho intramolecular Hbond substituents is 1. The van der Waals surface area contributed by atoms with Crippen molar-refractivity contribution < 1.29 is 23.5 Å². The highest BCUT2D eigenvalue weighted by Gasteiger charge is 2.28. The van der Waals surface area contributed by atoms with E-state index in [0.29, 0.717) is 5.56 Å². The fourth-order valence-corrected chi connectivity index (χ4v) is 2.33. The number of halogens is 2. The second-order valence-corrected chi connectivity index (χ2v) is 5.83. The Morgan fingerprint density at radius 3 is 2.68 bits per heavy atom. The molecule has 1 heterocycles. The molecule has 144 valence electrons. The van der Waals surface area contributed by atoms with Gasteiger partial charge in [-0.2, -0.15) is 5.10 Å². The molecule has 0 saturated heterocycles. The first-order valence-corrected chi connectivity index (χ1v) is 8.12. The van der Waals surface area contributed by atoms with Gasteiger partial charge in [-0.15, -0.1) is 0 Å². The molecule has 2 aromatic carbocycles. The lowest BCUT2D eigenvalue weighted by Gasteiger charge is -2.07. The first kappa shape index (κ1) is 19.0. The molecule has 0 fully saturated rings. The van der Waals surface area contributed by atoms with E-state index < -0.39 is 29.5 Å². The van der Waals surface area contributed by atoms with E-state index in [1.807, 2.05) is 0 Å². The molecule has 4 N–H and O–H groups in total. The minimum Gasteiger partial charge on any atom is -0.508 e. The van der Waals surface area contributed by atoms with Crippen molar-refractivity contribution in [2.24, 2.45) is 10.1 Å². The number of nitrogens with zero attached hydrogens (tertiary/aromatic N) is 2. The summed E-state index contributed by atoms with van der Waals surface area (Å²) in [7, 11) is 0. The molecule has 1 aliphatic rings. The van der Waals surface area contributed by atoms with E-state index in [-0.39, 0.29) is 23.8 Å². The molecule has 1 aliphatic heterocycles. The van der Waals surface area contributed by atoms with Gasteiger partial charge in [0, 0.05) is 11.8 Å². The van der Waals surface area contributed by atoms with Crippen molar-refractivity contribution in [1.29, 1.82) is 0 Å². The van der Waals surface area contributed by atoms with E-state index in [4.69, 9.17) is 0 Å². The van der Waals surface area contributed by atoms with Crippen LogP contribution in [0.2, 0.25) is 0 Å². The number of rotatable bonds is 5. The lowest BCUT2D eigenvalue weighted by molar-refractivity contribution is -0.123. The monoisotopic (exact) mass is 387 g/mol. The molecule has 10 heteroatoms. The number of aromatic hydroxyl groups is 1. The number of hydrogen-bond acceptors (Lipinski definition) is 6. The van der Waals surface area contributed by atoms with E-state index in [2.05, 4.69) is 26.2 Å². The lowest BCUT2D eigenvalue weighted by Crippen LogP contribution is -2.35. The van der Waals surface area contributed by atoms with Gasteiger partial charge in [-0.25, -0.2) is 19.2 Å². The van der Waals surface area contributed by atoms with Gasteiger partial charge in [0.1, 0.15) is 11.8 Å². The van der Waals surface area contributed by atoms with Gasteiger partial charge in [0.25, 0.3) is 5.91 Å². The maximum atomic E-state index is 13.2. The van der Waals surface area contributed by atoms with E-state index in [9.17, 15) is 23.5 Å². The third kappa shape index (κ3) is 4.87. The highest BCUT2D eigenvalue weighted by molar-refractivity contribution is 6.07. The number of carbonyl (C=O) groups is 2. The van der Waals surface area contributed by atoms with Crippen molar-refractivity contribution in [2.75, 3.05) is 5.32 Å². The van der Waals surface area contributed by atoms with Gasteiger partial charge in [-0.3, -0.25) is 14.9 Å². The van der Waals surface area contributed by atoms with Crippen LogP contribution in [0, 0.1) is 11.6 Å². The number of aliphatic imine (C=N–C) groups is 1. The zero-order chi connectivity index (χ0) is 20.1. The van der Waals surface area contributed by atoms with Crippen LogP contribution in [-0.4, -0.2) is 35.1 Å². The Balaban J connectivity index is 1.54. The Labute approximate surface area is 158 Å². The van der Waals surface area contributed by atoms with Crippen LogP contribution in [0.1, 0.15) is 12.0 Å². The van der Waals surface area contributed by atoms with Crippen LogP contribution >= 0.6 is 0 Å². The Morgan fingerprint density at radius 1 is 1.21 bits per heavy atom. The van der Waals surface area contributed by atoms with E-state index in [1.54, 1.807) is 12.1 Å². The average Bonchev–Trinajstić information content (AvgIpc) is 2.99.